The van der Waals surface area contributed by atoms with Crippen LogP contribution in [0.2, 0.25) is 0 Å². The molecule has 2 rings (SSSR count). The lowest BCUT2D eigenvalue weighted by Crippen LogP contribution is -2.42. The van der Waals surface area contributed by atoms with Crippen molar-refractivity contribution in [3.05, 3.63) is 12.4 Å². The fraction of sp³-hybridized carbons (Fsp3) is 0.667. The van der Waals surface area contributed by atoms with Crippen molar-refractivity contribution in [3.8, 4) is 0 Å². The Labute approximate surface area is 123 Å². The van der Waals surface area contributed by atoms with Crippen molar-refractivity contribution in [1.29, 1.82) is 0 Å². The highest BCUT2D eigenvalue weighted by Crippen LogP contribution is 2.21. The van der Waals surface area contributed by atoms with Gasteiger partial charge in [-0.25, -0.2) is 8.42 Å². The zero-order chi connectivity index (χ0) is 15.5. The maximum absolute atomic E-state index is 12.5. The fourth-order valence-electron chi connectivity index (χ4n) is 2.28. The number of hydrogen-bond acceptors (Lipinski definition) is 5. The second kappa shape index (κ2) is 6.54. The van der Waals surface area contributed by atoms with E-state index >= 15 is 0 Å². The number of sulfonamides is 1. The number of methoxy groups -OCH3 is 1. The van der Waals surface area contributed by atoms with Crippen molar-refractivity contribution < 1.29 is 23.1 Å². The number of carboxylic acid groups (broad SMARTS) is 1. The number of carbonyl (C=O) groups is 1. The number of aliphatic carboxylic acids is 1. The maximum atomic E-state index is 12.5. The third-order valence-corrected chi connectivity index (χ3v) is 5.29. The van der Waals surface area contributed by atoms with Crippen molar-refractivity contribution in [2.24, 2.45) is 0 Å². The van der Waals surface area contributed by atoms with Gasteiger partial charge in [0.2, 0.25) is 10.0 Å². The second-order valence-corrected chi connectivity index (χ2v) is 6.88. The van der Waals surface area contributed by atoms with Crippen molar-refractivity contribution in [2.45, 2.75) is 36.8 Å². The van der Waals surface area contributed by atoms with Gasteiger partial charge in [0, 0.05) is 26.4 Å². The van der Waals surface area contributed by atoms with Crippen LogP contribution in [-0.4, -0.2) is 59.9 Å². The molecule has 9 heteroatoms. The van der Waals surface area contributed by atoms with E-state index in [1.165, 1.54) is 21.4 Å². The standard InChI is InChI=1S/C12H19N3O5S/c1-20-10-3-2-5-15(8-10)21(18,19)11-7-13-14(9-11)6-4-12(16)17/h7,9-10H,2-6,8H2,1H3,(H,16,17). The van der Waals surface area contributed by atoms with Crippen LogP contribution in [0.5, 0.6) is 0 Å². The number of piperidine rings is 1. The number of aryl methyl sites for hydroxylation is 1. The third-order valence-electron chi connectivity index (χ3n) is 3.48. The average Bonchev–Trinajstić information content (AvgIpc) is 2.95. The first-order valence-electron chi connectivity index (χ1n) is 6.70. The zero-order valence-corrected chi connectivity index (χ0v) is 12.6. The third kappa shape index (κ3) is 3.80. The molecule has 0 spiro atoms. The summed E-state index contributed by atoms with van der Waals surface area (Å²) in [4.78, 5) is 10.6. The summed E-state index contributed by atoms with van der Waals surface area (Å²) in [6, 6.07) is 0. The minimum Gasteiger partial charge on any atom is -0.481 e. The molecule has 0 saturated carbocycles. The largest absolute Gasteiger partial charge is 0.481 e. The Balaban J connectivity index is 2.10. The lowest BCUT2D eigenvalue weighted by molar-refractivity contribution is -0.137. The summed E-state index contributed by atoms with van der Waals surface area (Å²) in [5.41, 5.74) is 0. The summed E-state index contributed by atoms with van der Waals surface area (Å²) in [6.45, 7) is 0.938. The van der Waals surface area contributed by atoms with Gasteiger partial charge in [-0.3, -0.25) is 9.48 Å². The molecular formula is C12H19N3O5S. The Morgan fingerprint density at radius 3 is 3.00 bits per heavy atom. The van der Waals surface area contributed by atoms with Crippen molar-refractivity contribution in [2.75, 3.05) is 20.2 Å². The van der Waals surface area contributed by atoms with Crippen LogP contribution >= 0.6 is 0 Å². The van der Waals surface area contributed by atoms with Crippen LogP contribution in [0.15, 0.2) is 17.3 Å². The molecule has 0 aromatic carbocycles. The van der Waals surface area contributed by atoms with E-state index in [0.29, 0.717) is 13.1 Å². The molecule has 1 N–H and O–H groups in total. The van der Waals surface area contributed by atoms with E-state index in [-0.39, 0.29) is 24.0 Å². The van der Waals surface area contributed by atoms with E-state index < -0.39 is 16.0 Å². The molecule has 0 radical (unpaired) electrons. The minimum absolute atomic E-state index is 0.0874. The van der Waals surface area contributed by atoms with Gasteiger partial charge in [-0.1, -0.05) is 0 Å². The molecular weight excluding hydrogens is 298 g/mol. The van der Waals surface area contributed by atoms with E-state index in [9.17, 15) is 13.2 Å². The Bertz CT molecular complexity index is 598. The van der Waals surface area contributed by atoms with Gasteiger partial charge in [0.15, 0.2) is 0 Å². The molecule has 8 nitrogen and oxygen atoms in total. The molecule has 0 aliphatic carbocycles. The van der Waals surface area contributed by atoms with Crippen LogP contribution < -0.4 is 0 Å². The average molecular weight is 317 g/mol. The summed E-state index contributed by atoms with van der Waals surface area (Å²) in [5, 5.41) is 12.5. The predicted molar refractivity (Wildman–Crippen MR) is 73.3 cm³/mol. The molecule has 0 bridgehead atoms. The molecule has 1 saturated heterocycles. The van der Waals surface area contributed by atoms with Crippen LogP contribution in [-0.2, 0) is 26.1 Å². The summed E-state index contributed by atoms with van der Waals surface area (Å²) >= 11 is 0. The normalized spacial score (nSPS) is 20.5. The number of carboxylic acids is 1. The van der Waals surface area contributed by atoms with Gasteiger partial charge in [0.05, 0.1) is 25.3 Å². The van der Waals surface area contributed by atoms with Gasteiger partial charge in [-0.2, -0.15) is 9.40 Å². The quantitative estimate of drug-likeness (QED) is 0.802. The highest BCUT2D eigenvalue weighted by Gasteiger charge is 2.31. The first kappa shape index (κ1) is 15.9. The maximum Gasteiger partial charge on any atom is 0.305 e. The van der Waals surface area contributed by atoms with Crippen molar-refractivity contribution >= 4 is 16.0 Å². The molecule has 1 aromatic rings. The molecule has 0 amide bonds. The lowest BCUT2D eigenvalue weighted by atomic mass is 10.1. The van der Waals surface area contributed by atoms with Gasteiger partial charge in [0.25, 0.3) is 0 Å². The van der Waals surface area contributed by atoms with Crippen LogP contribution in [0.4, 0.5) is 0 Å². The second-order valence-electron chi connectivity index (χ2n) is 4.95. The number of hydrogen-bond donors (Lipinski definition) is 1. The Morgan fingerprint density at radius 1 is 1.57 bits per heavy atom. The number of ether oxygens (including phenoxy) is 1. The monoisotopic (exact) mass is 317 g/mol. The fourth-order valence-corrected chi connectivity index (χ4v) is 3.74. The van der Waals surface area contributed by atoms with Gasteiger partial charge in [0.1, 0.15) is 4.90 Å². The summed E-state index contributed by atoms with van der Waals surface area (Å²) in [6.07, 6.45) is 4.04. The first-order valence-corrected chi connectivity index (χ1v) is 8.14. The van der Waals surface area contributed by atoms with E-state index in [4.69, 9.17) is 9.84 Å². The van der Waals surface area contributed by atoms with Gasteiger partial charge in [-0.05, 0) is 12.8 Å². The smallest absolute Gasteiger partial charge is 0.305 e. The summed E-state index contributed by atoms with van der Waals surface area (Å²) in [5.74, 6) is -0.950. The van der Waals surface area contributed by atoms with E-state index in [1.54, 1.807) is 7.11 Å². The molecule has 1 aromatic heterocycles. The molecule has 1 aliphatic heterocycles. The lowest BCUT2D eigenvalue weighted by Gasteiger charge is -2.30. The Morgan fingerprint density at radius 2 is 2.33 bits per heavy atom. The van der Waals surface area contributed by atoms with E-state index in [0.717, 1.165) is 12.8 Å². The number of nitrogens with zero attached hydrogens (tertiary/aromatic N) is 3. The minimum atomic E-state index is -3.60. The van der Waals surface area contributed by atoms with Crippen LogP contribution in [0.3, 0.4) is 0 Å². The number of aromatic nitrogens is 2. The van der Waals surface area contributed by atoms with Crippen molar-refractivity contribution in [3.63, 3.8) is 0 Å². The summed E-state index contributed by atoms with van der Waals surface area (Å²) < 4.78 is 33.0. The van der Waals surface area contributed by atoms with E-state index in [1.807, 2.05) is 0 Å². The van der Waals surface area contributed by atoms with Crippen LogP contribution in [0, 0.1) is 0 Å². The topological polar surface area (TPSA) is 102 Å². The van der Waals surface area contributed by atoms with Gasteiger partial charge >= 0.3 is 5.97 Å². The molecule has 1 atom stereocenters. The SMILES string of the molecule is COC1CCCN(S(=O)(=O)c2cnn(CCC(=O)O)c2)C1. The zero-order valence-electron chi connectivity index (χ0n) is 11.8. The Kier molecular flexibility index (Phi) is 4.96. The van der Waals surface area contributed by atoms with Crippen LogP contribution in [0.25, 0.3) is 0 Å². The van der Waals surface area contributed by atoms with Gasteiger partial charge < -0.3 is 9.84 Å². The highest BCUT2D eigenvalue weighted by molar-refractivity contribution is 7.89. The van der Waals surface area contributed by atoms with Crippen molar-refractivity contribution in [1.82, 2.24) is 14.1 Å². The molecule has 21 heavy (non-hydrogen) atoms. The molecule has 118 valence electrons. The van der Waals surface area contributed by atoms with Crippen LogP contribution in [0.1, 0.15) is 19.3 Å². The van der Waals surface area contributed by atoms with Gasteiger partial charge in [-0.15, -0.1) is 0 Å². The molecule has 1 unspecified atom stereocenters. The molecule has 1 aliphatic rings. The predicted octanol–water partition coefficient (Wildman–Crippen LogP) is 0.157. The molecule has 1 fully saturated rings. The highest BCUT2D eigenvalue weighted by atomic mass is 32.2. The van der Waals surface area contributed by atoms with E-state index in [2.05, 4.69) is 5.10 Å². The number of rotatable bonds is 6. The Hall–Kier alpha value is -1.45. The molecule has 2 heterocycles. The summed E-state index contributed by atoms with van der Waals surface area (Å²) in [7, 11) is -2.03. The first-order chi connectivity index (χ1) is 9.93.